The monoisotopic (exact) mass is 310 g/mol. The first-order chi connectivity index (χ1) is 8.66. The molecule has 1 aliphatic carbocycles. The molecular formula is C14H19BrN2O. The number of amidine groups is 1. The van der Waals surface area contributed by atoms with Crippen molar-refractivity contribution in [2.45, 2.75) is 44.6 Å². The van der Waals surface area contributed by atoms with Gasteiger partial charge in [-0.25, -0.2) is 0 Å². The second kappa shape index (κ2) is 6.23. The van der Waals surface area contributed by atoms with E-state index in [9.17, 15) is 0 Å². The maximum absolute atomic E-state index is 7.44. The number of rotatable bonds is 3. The molecule has 1 aliphatic rings. The molecule has 0 atom stereocenters. The van der Waals surface area contributed by atoms with Crippen LogP contribution in [0.25, 0.3) is 0 Å². The molecule has 18 heavy (non-hydrogen) atoms. The molecule has 0 unspecified atom stereocenters. The summed E-state index contributed by atoms with van der Waals surface area (Å²) in [4.78, 5) is 0. The van der Waals surface area contributed by atoms with Crippen molar-refractivity contribution in [2.75, 3.05) is 0 Å². The highest BCUT2D eigenvalue weighted by molar-refractivity contribution is 9.10. The maximum atomic E-state index is 7.44. The lowest BCUT2D eigenvalue weighted by Crippen LogP contribution is -2.16. The molecule has 4 heteroatoms. The van der Waals surface area contributed by atoms with Crippen LogP contribution in [0.1, 0.15) is 44.1 Å². The molecule has 0 aromatic heterocycles. The first-order valence-corrected chi connectivity index (χ1v) is 7.27. The van der Waals surface area contributed by atoms with Crippen molar-refractivity contribution in [1.29, 1.82) is 5.41 Å². The Bertz CT molecular complexity index is 426. The van der Waals surface area contributed by atoms with Crippen LogP contribution in [-0.4, -0.2) is 11.9 Å². The van der Waals surface area contributed by atoms with Crippen LogP contribution in [0.5, 0.6) is 5.75 Å². The lowest BCUT2D eigenvalue weighted by atomic mass is 10.1. The Morgan fingerprint density at radius 3 is 2.44 bits per heavy atom. The standard InChI is InChI=1S/C14H19BrN2O/c15-13-9-11(7-8-12(13)14(16)17)18-10-5-3-1-2-4-6-10/h7-10H,1-6H2,(H3,16,17). The van der Waals surface area contributed by atoms with Gasteiger partial charge in [0.2, 0.25) is 0 Å². The Balaban J connectivity index is 2.05. The van der Waals surface area contributed by atoms with Crippen LogP contribution in [0.15, 0.2) is 22.7 Å². The largest absolute Gasteiger partial charge is 0.490 e. The Hall–Kier alpha value is -1.03. The minimum atomic E-state index is 0.0721. The van der Waals surface area contributed by atoms with Crippen LogP contribution < -0.4 is 10.5 Å². The molecule has 0 heterocycles. The number of hydrogen-bond donors (Lipinski definition) is 2. The molecule has 2 rings (SSSR count). The van der Waals surface area contributed by atoms with Gasteiger partial charge in [-0.15, -0.1) is 0 Å². The van der Waals surface area contributed by atoms with Gasteiger partial charge in [-0.05, 0) is 59.8 Å². The lowest BCUT2D eigenvalue weighted by Gasteiger charge is -2.17. The van der Waals surface area contributed by atoms with E-state index in [1.54, 1.807) is 0 Å². The minimum absolute atomic E-state index is 0.0721. The van der Waals surface area contributed by atoms with Crippen LogP contribution >= 0.6 is 15.9 Å². The van der Waals surface area contributed by atoms with Crippen molar-refractivity contribution in [3.63, 3.8) is 0 Å². The van der Waals surface area contributed by atoms with E-state index < -0.39 is 0 Å². The van der Waals surface area contributed by atoms with Gasteiger partial charge < -0.3 is 10.5 Å². The quantitative estimate of drug-likeness (QED) is 0.506. The number of nitrogens with one attached hydrogen (secondary N) is 1. The van der Waals surface area contributed by atoms with Gasteiger partial charge in [0.1, 0.15) is 11.6 Å². The molecule has 0 aliphatic heterocycles. The van der Waals surface area contributed by atoms with Crippen LogP contribution in [0.3, 0.4) is 0 Å². The van der Waals surface area contributed by atoms with E-state index in [4.69, 9.17) is 15.9 Å². The van der Waals surface area contributed by atoms with Gasteiger partial charge in [-0.1, -0.05) is 12.8 Å². The Morgan fingerprint density at radius 1 is 1.22 bits per heavy atom. The topological polar surface area (TPSA) is 59.1 Å². The Labute approximate surface area is 116 Å². The highest BCUT2D eigenvalue weighted by Gasteiger charge is 2.14. The van der Waals surface area contributed by atoms with Crippen molar-refractivity contribution < 1.29 is 4.74 Å². The minimum Gasteiger partial charge on any atom is -0.490 e. The van der Waals surface area contributed by atoms with E-state index in [0.29, 0.717) is 11.7 Å². The van der Waals surface area contributed by atoms with Crippen molar-refractivity contribution in [3.05, 3.63) is 28.2 Å². The third kappa shape index (κ3) is 3.48. The summed E-state index contributed by atoms with van der Waals surface area (Å²) < 4.78 is 6.83. The highest BCUT2D eigenvalue weighted by atomic mass is 79.9. The molecule has 0 radical (unpaired) electrons. The summed E-state index contributed by atoms with van der Waals surface area (Å²) in [6.07, 6.45) is 7.80. The molecule has 0 spiro atoms. The van der Waals surface area contributed by atoms with E-state index in [0.717, 1.165) is 23.1 Å². The zero-order valence-corrected chi connectivity index (χ0v) is 12.0. The average molecular weight is 311 g/mol. The Kier molecular flexibility index (Phi) is 4.64. The average Bonchev–Trinajstić information content (AvgIpc) is 2.57. The van der Waals surface area contributed by atoms with Gasteiger partial charge in [0.15, 0.2) is 0 Å². The zero-order chi connectivity index (χ0) is 13.0. The van der Waals surface area contributed by atoms with Crippen LogP contribution in [-0.2, 0) is 0 Å². The fourth-order valence-electron chi connectivity index (χ4n) is 2.34. The molecule has 3 N–H and O–H groups in total. The summed E-state index contributed by atoms with van der Waals surface area (Å²) >= 11 is 3.43. The van der Waals surface area contributed by atoms with Crippen LogP contribution in [0.2, 0.25) is 0 Å². The maximum Gasteiger partial charge on any atom is 0.123 e. The van der Waals surface area contributed by atoms with E-state index in [1.807, 2.05) is 18.2 Å². The first-order valence-electron chi connectivity index (χ1n) is 6.47. The van der Waals surface area contributed by atoms with E-state index in [1.165, 1.54) is 25.7 Å². The summed E-state index contributed by atoms with van der Waals surface area (Å²) in [5, 5.41) is 7.44. The van der Waals surface area contributed by atoms with Gasteiger partial charge >= 0.3 is 0 Å². The molecule has 1 fully saturated rings. The summed E-state index contributed by atoms with van der Waals surface area (Å²) in [5.74, 6) is 0.932. The molecular weight excluding hydrogens is 292 g/mol. The summed E-state index contributed by atoms with van der Waals surface area (Å²) in [5.41, 5.74) is 6.19. The Morgan fingerprint density at radius 2 is 1.89 bits per heavy atom. The first kappa shape index (κ1) is 13.4. The second-order valence-corrected chi connectivity index (χ2v) is 5.64. The fourth-order valence-corrected chi connectivity index (χ4v) is 2.91. The molecule has 0 bridgehead atoms. The van der Waals surface area contributed by atoms with E-state index in [2.05, 4.69) is 15.9 Å². The highest BCUT2D eigenvalue weighted by Crippen LogP contribution is 2.26. The van der Waals surface area contributed by atoms with Crippen molar-refractivity contribution in [1.82, 2.24) is 0 Å². The van der Waals surface area contributed by atoms with Crippen LogP contribution in [0, 0.1) is 5.41 Å². The number of halogens is 1. The van der Waals surface area contributed by atoms with Gasteiger partial charge in [-0.3, -0.25) is 5.41 Å². The molecule has 0 amide bonds. The summed E-state index contributed by atoms with van der Waals surface area (Å²) in [6, 6.07) is 5.63. The van der Waals surface area contributed by atoms with E-state index in [-0.39, 0.29) is 5.84 Å². The SMILES string of the molecule is N=C(N)c1ccc(OC2CCCCCC2)cc1Br. The normalized spacial score (nSPS) is 17.2. The molecule has 1 saturated carbocycles. The molecule has 1 aromatic carbocycles. The van der Waals surface area contributed by atoms with Gasteiger partial charge in [0, 0.05) is 10.0 Å². The second-order valence-electron chi connectivity index (χ2n) is 4.79. The third-order valence-electron chi connectivity index (χ3n) is 3.34. The predicted octanol–water partition coefficient (Wildman–Crippen LogP) is 3.83. The summed E-state index contributed by atoms with van der Waals surface area (Å²) in [6.45, 7) is 0. The summed E-state index contributed by atoms with van der Waals surface area (Å²) in [7, 11) is 0. The van der Waals surface area contributed by atoms with Crippen molar-refractivity contribution in [2.24, 2.45) is 5.73 Å². The molecule has 3 nitrogen and oxygen atoms in total. The van der Waals surface area contributed by atoms with Crippen LogP contribution in [0.4, 0.5) is 0 Å². The lowest BCUT2D eigenvalue weighted by molar-refractivity contribution is 0.183. The third-order valence-corrected chi connectivity index (χ3v) is 3.99. The smallest absolute Gasteiger partial charge is 0.123 e. The number of benzene rings is 1. The fraction of sp³-hybridized carbons (Fsp3) is 0.500. The van der Waals surface area contributed by atoms with Crippen molar-refractivity contribution >= 4 is 21.8 Å². The van der Waals surface area contributed by atoms with Gasteiger partial charge in [-0.2, -0.15) is 0 Å². The molecule has 98 valence electrons. The predicted molar refractivity (Wildman–Crippen MR) is 77.3 cm³/mol. The molecule has 1 aromatic rings. The number of nitrogens with two attached hydrogens (primary N) is 1. The van der Waals surface area contributed by atoms with Crippen molar-refractivity contribution in [3.8, 4) is 5.75 Å². The number of ether oxygens (including phenoxy) is 1. The van der Waals surface area contributed by atoms with Gasteiger partial charge in [0.25, 0.3) is 0 Å². The number of nitrogen functional groups attached to an aromatic ring is 1. The van der Waals surface area contributed by atoms with E-state index >= 15 is 0 Å². The zero-order valence-electron chi connectivity index (χ0n) is 10.4. The molecule has 0 saturated heterocycles. The number of hydrogen-bond acceptors (Lipinski definition) is 2. The van der Waals surface area contributed by atoms with Gasteiger partial charge in [0.05, 0.1) is 6.10 Å².